The molecule has 4 N–H and O–H groups in total. The van der Waals surface area contributed by atoms with Crippen LogP contribution >= 0.6 is 0 Å². The van der Waals surface area contributed by atoms with E-state index >= 15 is 0 Å². The van der Waals surface area contributed by atoms with Gasteiger partial charge >= 0.3 is 11.9 Å². The second kappa shape index (κ2) is 17.5. The summed E-state index contributed by atoms with van der Waals surface area (Å²) in [5.74, 6) is 0.479. The van der Waals surface area contributed by atoms with Crippen molar-refractivity contribution in [2.24, 2.45) is 5.73 Å². The van der Waals surface area contributed by atoms with Crippen molar-refractivity contribution >= 4 is 45.5 Å². The van der Waals surface area contributed by atoms with Gasteiger partial charge in [0.15, 0.2) is 0 Å². The maximum Gasteiger partial charge on any atom is 0.302 e. The highest BCUT2D eigenvalue weighted by atomic mass is 16.5. The molecule has 4 aromatic carbocycles. The SMILES string of the molecule is COc1ccc(CCn2c(-c3ccc(N(CCOC(C)=O)CCOC(C)=O)cc3)nc3cc(C(CC(N)=O)NCc4ccc5[nH]ncc5c4)ccc32)cc1. The van der Waals surface area contributed by atoms with Crippen LogP contribution in [0.3, 0.4) is 0 Å². The van der Waals surface area contributed by atoms with Crippen molar-refractivity contribution in [3.63, 3.8) is 0 Å². The highest BCUT2D eigenvalue weighted by Gasteiger charge is 2.19. The Morgan fingerprint density at radius 2 is 1.59 bits per heavy atom. The van der Waals surface area contributed by atoms with E-state index in [0.29, 0.717) is 26.2 Å². The lowest BCUT2D eigenvalue weighted by Crippen LogP contribution is -2.31. The molecule has 54 heavy (non-hydrogen) atoms. The van der Waals surface area contributed by atoms with Crippen molar-refractivity contribution in [2.45, 2.75) is 45.8 Å². The average Bonchev–Trinajstić information content (AvgIpc) is 3.79. The van der Waals surface area contributed by atoms with Gasteiger partial charge in [0.2, 0.25) is 5.91 Å². The molecule has 13 heteroatoms. The van der Waals surface area contributed by atoms with E-state index in [0.717, 1.165) is 67.9 Å². The van der Waals surface area contributed by atoms with Crippen LogP contribution in [0.2, 0.25) is 0 Å². The summed E-state index contributed by atoms with van der Waals surface area (Å²) in [7, 11) is 1.65. The monoisotopic (exact) mass is 731 g/mol. The lowest BCUT2D eigenvalue weighted by molar-refractivity contribution is -0.141. The fourth-order valence-electron chi connectivity index (χ4n) is 6.49. The first-order chi connectivity index (χ1) is 26.2. The Hall–Kier alpha value is -6.21. The number of ether oxygens (including phenoxy) is 3. The topological polar surface area (TPSA) is 167 Å². The fourth-order valence-corrected chi connectivity index (χ4v) is 6.49. The van der Waals surface area contributed by atoms with Gasteiger partial charge in [-0.15, -0.1) is 0 Å². The van der Waals surface area contributed by atoms with E-state index in [1.807, 2.05) is 65.6 Å². The number of hydrogen-bond donors (Lipinski definition) is 3. The Bertz CT molecular complexity index is 2190. The molecule has 0 aliphatic carbocycles. The van der Waals surface area contributed by atoms with Gasteiger partial charge in [0, 0.05) is 56.0 Å². The maximum absolute atomic E-state index is 12.2. The number of amides is 1. The van der Waals surface area contributed by atoms with Crippen molar-refractivity contribution in [1.29, 1.82) is 0 Å². The number of aryl methyl sites for hydroxylation is 2. The molecule has 13 nitrogen and oxygen atoms in total. The fraction of sp³-hybridized carbons (Fsp3) is 0.293. The van der Waals surface area contributed by atoms with Crippen LogP contribution < -0.4 is 20.7 Å². The average molecular weight is 732 g/mol. The number of fused-ring (bicyclic) bond motifs is 2. The molecule has 0 fully saturated rings. The molecule has 1 unspecified atom stereocenters. The molecule has 1 atom stereocenters. The molecule has 0 aliphatic heterocycles. The third-order valence-electron chi connectivity index (χ3n) is 9.24. The van der Waals surface area contributed by atoms with Crippen LogP contribution in [-0.4, -0.2) is 71.0 Å². The number of nitrogens with zero attached hydrogens (tertiary/aromatic N) is 4. The Kier molecular flexibility index (Phi) is 12.2. The highest BCUT2D eigenvalue weighted by Crippen LogP contribution is 2.30. The third-order valence-corrected chi connectivity index (χ3v) is 9.24. The first-order valence-electron chi connectivity index (χ1n) is 17.9. The molecule has 0 saturated carbocycles. The number of methoxy groups -OCH3 is 1. The summed E-state index contributed by atoms with van der Waals surface area (Å²) in [6.07, 6.45) is 2.67. The van der Waals surface area contributed by atoms with Gasteiger partial charge in [-0.2, -0.15) is 5.10 Å². The smallest absolute Gasteiger partial charge is 0.302 e. The number of benzene rings is 4. The van der Waals surface area contributed by atoms with Gasteiger partial charge in [0.1, 0.15) is 24.8 Å². The number of rotatable bonds is 18. The van der Waals surface area contributed by atoms with E-state index in [9.17, 15) is 14.4 Å². The summed E-state index contributed by atoms with van der Waals surface area (Å²) in [4.78, 5) is 42.3. The van der Waals surface area contributed by atoms with Crippen LogP contribution in [0.25, 0.3) is 33.3 Å². The van der Waals surface area contributed by atoms with E-state index in [1.165, 1.54) is 13.8 Å². The summed E-state index contributed by atoms with van der Waals surface area (Å²) < 4.78 is 18.0. The second-order valence-corrected chi connectivity index (χ2v) is 13.0. The first kappa shape index (κ1) is 37.5. The molecule has 0 spiro atoms. The molecule has 0 saturated heterocycles. The molecule has 0 radical (unpaired) electrons. The minimum atomic E-state index is -0.404. The second-order valence-electron chi connectivity index (χ2n) is 13.0. The number of nitrogens with one attached hydrogen (secondary N) is 2. The van der Waals surface area contributed by atoms with Gasteiger partial charge in [0.05, 0.1) is 42.9 Å². The normalized spacial score (nSPS) is 11.8. The Labute approximate surface area is 313 Å². The number of hydrogen-bond acceptors (Lipinski definition) is 10. The van der Waals surface area contributed by atoms with E-state index < -0.39 is 5.91 Å². The zero-order valence-electron chi connectivity index (χ0n) is 30.7. The number of nitrogens with two attached hydrogens (primary N) is 1. The number of primary amides is 1. The van der Waals surface area contributed by atoms with Crippen molar-refractivity contribution in [3.05, 3.63) is 108 Å². The van der Waals surface area contributed by atoms with Crippen LogP contribution in [0.15, 0.2) is 91.1 Å². The van der Waals surface area contributed by atoms with Gasteiger partial charge in [0.25, 0.3) is 0 Å². The first-order valence-corrected chi connectivity index (χ1v) is 17.9. The van der Waals surface area contributed by atoms with Crippen LogP contribution in [0, 0.1) is 0 Å². The van der Waals surface area contributed by atoms with E-state index in [1.54, 1.807) is 13.3 Å². The number of aromatic amines is 1. The molecular weight excluding hydrogens is 686 g/mol. The van der Waals surface area contributed by atoms with E-state index in [2.05, 4.69) is 44.3 Å². The zero-order valence-corrected chi connectivity index (χ0v) is 30.7. The largest absolute Gasteiger partial charge is 0.497 e. The van der Waals surface area contributed by atoms with Crippen LogP contribution in [0.5, 0.6) is 5.75 Å². The standard InChI is InChI=1S/C41H45N7O6/c1-27(49)53-20-18-47(19-21-54-28(2)50)34-10-7-31(8-11-34)41-45-38-23-32(9-15-39(38)48(41)17-16-29-4-12-35(52-3)13-5-29)37(24-40(42)51)43-25-30-6-14-36-33(22-30)26-44-46-36/h4-15,22-23,26,37,43H,16-21,24-25H2,1-3H3,(H2,42,51)(H,44,46). The van der Waals surface area contributed by atoms with E-state index in [-0.39, 0.29) is 37.6 Å². The molecule has 0 aliphatic rings. The number of esters is 2. The van der Waals surface area contributed by atoms with Gasteiger partial charge in [-0.1, -0.05) is 24.3 Å². The predicted octanol–water partition coefficient (Wildman–Crippen LogP) is 5.47. The van der Waals surface area contributed by atoms with Gasteiger partial charge in [-0.3, -0.25) is 19.5 Å². The number of imidazole rings is 1. The Balaban J connectivity index is 1.30. The van der Waals surface area contributed by atoms with Crippen LogP contribution in [-0.2, 0) is 43.4 Å². The molecule has 2 heterocycles. The summed E-state index contributed by atoms with van der Waals surface area (Å²) in [5.41, 5.74) is 13.4. The summed E-state index contributed by atoms with van der Waals surface area (Å²) in [6.45, 7) is 5.21. The molecule has 2 aromatic heterocycles. The molecule has 280 valence electrons. The lowest BCUT2D eigenvalue weighted by atomic mass is 10.0. The zero-order chi connectivity index (χ0) is 38.0. The highest BCUT2D eigenvalue weighted by molar-refractivity contribution is 5.82. The minimum absolute atomic E-state index is 0.122. The molecular formula is C41H45N7O6. The van der Waals surface area contributed by atoms with Crippen molar-refractivity contribution in [3.8, 4) is 17.1 Å². The Morgan fingerprint density at radius 3 is 2.26 bits per heavy atom. The Morgan fingerprint density at radius 1 is 0.889 bits per heavy atom. The minimum Gasteiger partial charge on any atom is -0.497 e. The molecule has 0 bridgehead atoms. The predicted molar refractivity (Wildman–Crippen MR) is 207 cm³/mol. The number of H-pyrrole nitrogens is 1. The van der Waals surface area contributed by atoms with Gasteiger partial charge < -0.3 is 34.7 Å². The molecule has 1 amide bonds. The summed E-state index contributed by atoms with van der Waals surface area (Å²) in [6, 6.07) is 27.9. The third kappa shape index (κ3) is 9.61. The molecule has 6 aromatic rings. The van der Waals surface area contributed by atoms with Gasteiger partial charge in [-0.25, -0.2) is 4.98 Å². The summed E-state index contributed by atoms with van der Waals surface area (Å²) >= 11 is 0. The number of carbonyl (C=O) groups excluding carboxylic acids is 3. The summed E-state index contributed by atoms with van der Waals surface area (Å²) in [5, 5.41) is 11.6. The van der Waals surface area contributed by atoms with Gasteiger partial charge in [-0.05, 0) is 83.8 Å². The number of anilines is 1. The lowest BCUT2D eigenvalue weighted by Gasteiger charge is -2.24. The maximum atomic E-state index is 12.2. The number of aromatic nitrogens is 4. The van der Waals surface area contributed by atoms with E-state index in [4.69, 9.17) is 24.9 Å². The van der Waals surface area contributed by atoms with Crippen LogP contribution in [0.4, 0.5) is 5.69 Å². The van der Waals surface area contributed by atoms with Crippen LogP contribution in [0.1, 0.15) is 43.0 Å². The van der Waals surface area contributed by atoms with Crippen molar-refractivity contribution in [2.75, 3.05) is 38.3 Å². The van der Waals surface area contributed by atoms with Crippen molar-refractivity contribution in [1.82, 2.24) is 25.1 Å². The molecule has 6 rings (SSSR count). The van der Waals surface area contributed by atoms with Crippen molar-refractivity contribution < 1.29 is 28.6 Å². The quantitative estimate of drug-likeness (QED) is 0.0965. The number of carbonyl (C=O) groups is 3.